The standard InChI is InChI=1S/C10H14BrNO2/c11-9-3-7(6-14-9)4-10(13)2-1-8(12)5-10/h3,6,8,13H,1-2,4-5,12H2. The molecule has 0 amide bonds. The third kappa shape index (κ3) is 2.19. The molecule has 0 spiro atoms. The van der Waals surface area contributed by atoms with Crippen LogP contribution < -0.4 is 5.73 Å². The molecule has 1 aliphatic rings. The van der Waals surface area contributed by atoms with Gasteiger partial charge in [0.25, 0.3) is 0 Å². The van der Waals surface area contributed by atoms with E-state index in [-0.39, 0.29) is 6.04 Å². The highest BCUT2D eigenvalue weighted by Gasteiger charge is 2.35. The van der Waals surface area contributed by atoms with Crippen LogP contribution in [0.15, 0.2) is 21.4 Å². The van der Waals surface area contributed by atoms with Gasteiger partial charge in [0.1, 0.15) is 0 Å². The minimum atomic E-state index is -0.622. The second kappa shape index (κ2) is 3.68. The van der Waals surface area contributed by atoms with Crippen molar-refractivity contribution in [2.24, 2.45) is 5.73 Å². The van der Waals surface area contributed by atoms with Gasteiger partial charge in [0.15, 0.2) is 4.67 Å². The number of hydrogen-bond acceptors (Lipinski definition) is 3. The van der Waals surface area contributed by atoms with Gasteiger partial charge in [-0.2, -0.15) is 0 Å². The maximum absolute atomic E-state index is 10.2. The van der Waals surface area contributed by atoms with Crippen LogP contribution in [0.5, 0.6) is 0 Å². The van der Waals surface area contributed by atoms with Crippen LogP contribution in [0.4, 0.5) is 0 Å². The number of halogens is 1. The fourth-order valence-electron chi connectivity index (χ4n) is 2.13. The normalized spacial score (nSPS) is 32.4. The van der Waals surface area contributed by atoms with Crippen LogP contribution in [0.25, 0.3) is 0 Å². The first-order valence-corrected chi connectivity index (χ1v) is 5.58. The van der Waals surface area contributed by atoms with E-state index in [1.807, 2.05) is 6.07 Å². The number of furan rings is 1. The number of aliphatic hydroxyl groups is 1. The molecule has 78 valence electrons. The molecule has 0 aliphatic heterocycles. The van der Waals surface area contributed by atoms with Crippen molar-refractivity contribution in [3.8, 4) is 0 Å². The molecule has 0 radical (unpaired) electrons. The minimum Gasteiger partial charge on any atom is -0.457 e. The largest absolute Gasteiger partial charge is 0.457 e. The maximum atomic E-state index is 10.2. The quantitative estimate of drug-likeness (QED) is 0.852. The van der Waals surface area contributed by atoms with E-state index in [1.165, 1.54) is 0 Å². The fourth-order valence-corrected chi connectivity index (χ4v) is 2.51. The average Bonchev–Trinajstić information content (AvgIpc) is 2.60. The summed E-state index contributed by atoms with van der Waals surface area (Å²) in [5.74, 6) is 0. The van der Waals surface area contributed by atoms with Gasteiger partial charge in [0.05, 0.1) is 11.9 Å². The Morgan fingerprint density at radius 2 is 2.50 bits per heavy atom. The lowest BCUT2D eigenvalue weighted by atomic mass is 9.94. The molecule has 3 N–H and O–H groups in total. The van der Waals surface area contributed by atoms with Gasteiger partial charge in [0.2, 0.25) is 0 Å². The predicted octanol–water partition coefficient (Wildman–Crippen LogP) is 1.83. The van der Waals surface area contributed by atoms with Crippen molar-refractivity contribution >= 4 is 15.9 Å². The van der Waals surface area contributed by atoms with Crippen molar-refractivity contribution in [3.63, 3.8) is 0 Å². The van der Waals surface area contributed by atoms with Crippen LogP contribution >= 0.6 is 15.9 Å². The zero-order valence-corrected chi connectivity index (χ0v) is 9.46. The molecule has 3 nitrogen and oxygen atoms in total. The lowest BCUT2D eigenvalue weighted by molar-refractivity contribution is 0.0467. The van der Waals surface area contributed by atoms with Crippen LogP contribution in [-0.2, 0) is 6.42 Å². The van der Waals surface area contributed by atoms with Gasteiger partial charge in [-0.05, 0) is 46.8 Å². The third-order valence-corrected chi connectivity index (χ3v) is 3.19. The molecule has 2 rings (SSSR count). The number of hydrogen-bond donors (Lipinski definition) is 2. The molecule has 0 bridgehead atoms. The van der Waals surface area contributed by atoms with Gasteiger partial charge in [-0.15, -0.1) is 0 Å². The summed E-state index contributed by atoms with van der Waals surface area (Å²) in [6, 6.07) is 2.04. The highest BCUT2D eigenvalue weighted by atomic mass is 79.9. The second-order valence-corrected chi connectivity index (χ2v) is 4.94. The molecule has 0 aromatic carbocycles. The van der Waals surface area contributed by atoms with E-state index < -0.39 is 5.60 Å². The number of nitrogens with two attached hydrogens (primary N) is 1. The Morgan fingerprint density at radius 1 is 1.71 bits per heavy atom. The summed E-state index contributed by atoms with van der Waals surface area (Å²) in [7, 11) is 0. The molecular formula is C10H14BrNO2. The van der Waals surface area contributed by atoms with Crippen LogP contribution in [0.2, 0.25) is 0 Å². The highest BCUT2D eigenvalue weighted by molar-refractivity contribution is 9.10. The molecule has 2 unspecified atom stereocenters. The monoisotopic (exact) mass is 259 g/mol. The SMILES string of the molecule is NC1CCC(O)(Cc2coc(Br)c2)C1. The zero-order chi connectivity index (χ0) is 10.2. The molecule has 14 heavy (non-hydrogen) atoms. The van der Waals surface area contributed by atoms with E-state index in [0.717, 1.165) is 18.4 Å². The molecule has 2 atom stereocenters. The lowest BCUT2D eigenvalue weighted by Crippen LogP contribution is -2.30. The highest BCUT2D eigenvalue weighted by Crippen LogP contribution is 2.32. The fraction of sp³-hybridized carbons (Fsp3) is 0.600. The summed E-state index contributed by atoms with van der Waals surface area (Å²) in [6.45, 7) is 0. The Morgan fingerprint density at radius 3 is 3.00 bits per heavy atom. The van der Waals surface area contributed by atoms with Gasteiger partial charge in [-0.1, -0.05) is 0 Å². The van der Waals surface area contributed by atoms with Crippen LogP contribution in [-0.4, -0.2) is 16.7 Å². The van der Waals surface area contributed by atoms with E-state index in [0.29, 0.717) is 17.5 Å². The molecule has 1 aromatic heterocycles. The van der Waals surface area contributed by atoms with Gasteiger partial charge in [-0.25, -0.2) is 0 Å². The second-order valence-electron chi connectivity index (χ2n) is 4.16. The smallest absolute Gasteiger partial charge is 0.169 e. The molecular weight excluding hydrogens is 246 g/mol. The van der Waals surface area contributed by atoms with Gasteiger partial charge < -0.3 is 15.3 Å². The van der Waals surface area contributed by atoms with E-state index in [4.69, 9.17) is 10.2 Å². The molecule has 4 heteroatoms. The molecule has 1 aromatic rings. The van der Waals surface area contributed by atoms with Crippen molar-refractivity contribution in [1.29, 1.82) is 0 Å². The van der Waals surface area contributed by atoms with Crippen molar-refractivity contribution in [2.75, 3.05) is 0 Å². The van der Waals surface area contributed by atoms with Crippen molar-refractivity contribution in [1.82, 2.24) is 0 Å². The number of rotatable bonds is 2. The third-order valence-electron chi connectivity index (χ3n) is 2.78. The summed E-state index contributed by atoms with van der Waals surface area (Å²) in [5.41, 5.74) is 6.18. The topological polar surface area (TPSA) is 59.4 Å². The minimum absolute atomic E-state index is 0.148. The van der Waals surface area contributed by atoms with Gasteiger partial charge >= 0.3 is 0 Å². The summed E-state index contributed by atoms with van der Waals surface area (Å²) < 4.78 is 5.83. The van der Waals surface area contributed by atoms with E-state index in [2.05, 4.69) is 15.9 Å². The zero-order valence-electron chi connectivity index (χ0n) is 7.87. The van der Waals surface area contributed by atoms with Crippen LogP contribution in [0.1, 0.15) is 24.8 Å². The predicted molar refractivity (Wildman–Crippen MR) is 56.9 cm³/mol. The summed E-state index contributed by atoms with van der Waals surface area (Å²) in [6.07, 6.45) is 4.70. The average molecular weight is 260 g/mol. The van der Waals surface area contributed by atoms with Crippen molar-refractivity contribution in [3.05, 3.63) is 22.6 Å². The molecule has 1 saturated carbocycles. The van der Waals surface area contributed by atoms with E-state index >= 15 is 0 Å². The Hall–Kier alpha value is -0.320. The summed E-state index contributed by atoms with van der Waals surface area (Å²) in [4.78, 5) is 0. The molecule has 1 aliphatic carbocycles. The maximum Gasteiger partial charge on any atom is 0.169 e. The first kappa shape index (κ1) is 10.2. The Bertz CT molecular complexity index is 326. The van der Waals surface area contributed by atoms with Crippen molar-refractivity contribution < 1.29 is 9.52 Å². The van der Waals surface area contributed by atoms with Crippen LogP contribution in [0, 0.1) is 0 Å². The Kier molecular flexibility index (Phi) is 2.68. The van der Waals surface area contributed by atoms with Crippen molar-refractivity contribution in [2.45, 2.75) is 37.3 Å². The summed E-state index contributed by atoms with van der Waals surface area (Å²) in [5, 5.41) is 10.2. The molecule has 0 saturated heterocycles. The Balaban J connectivity index is 2.03. The lowest BCUT2D eigenvalue weighted by Gasteiger charge is -2.21. The van der Waals surface area contributed by atoms with Gasteiger partial charge in [-0.3, -0.25) is 0 Å². The Labute approximate surface area is 91.4 Å². The molecule has 1 heterocycles. The van der Waals surface area contributed by atoms with E-state index in [1.54, 1.807) is 6.26 Å². The first-order chi connectivity index (χ1) is 6.57. The van der Waals surface area contributed by atoms with E-state index in [9.17, 15) is 5.11 Å². The van der Waals surface area contributed by atoms with Crippen LogP contribution in [0.3, 0.4) is 0 Å². The molecule has 1 fully saturated rings. The summed E-state index contributed by atoms with van der Waals surface area (Å²) >= 11 is 3.24. The first-order valence-electron chi connectivity index (χ1n) is 4.78. The van der Waals surface area contributed by atoms with Gasteiger partial charge in [0, 0.05) is 12.5 Å².